The van der Waals surface area contributed by atoms with Crippen molar-refractivity contribution >= 4 is 30.0 Å². The summed E-state index contributed by atoms with van der Waals surface area (Å²) in [6, 6.07) is 4.66. The minimum absolute atomic E-state index is 0.00226. The van der Waals surface area contributed by atoms with Gasteiger partial charge in [-0.15, -0.1) is 4.52 Å². The van der Waals surface area contributed by atoms with E-state index in [0.29, 0.717) is 5.56 Å². The highest BCUT2D eigenvalue weighted by atomic mass is 35.5. The van der Waals surface area contributed by atoms with Gasteiger partial charge in [-0.1, -0.05) is 41.9 Å². The number of benzene rings is 1. The Morgan fingerprint density at radius 1 is 1.32 bits per heavy atom. The fourth-order valence-corrected chi connectivity index (χ4v) is 3.39. The molecular formula is C10H13ClO6PS+. The van der Waals surface area contributed by atoms with Gasteiger partial charge in [0.15, 0.2) is 0 Å². The summed E-state index contributed by atoms with van der Waals surface area (Å²) in [5.41, 5.74) is 0.476. The molecule has 0 bridgehead atoms. The minimum Gasteiger partial charge on any atom is -0.191 e. The summed E-state index contributed by atoms with van der Waals surface area (Å²) in [6.07, 6.45) is 0. The summed E-state index contributed by atoms with van der Waals surface area (Å²) in [6.45, 7) is 3.61. The molecule has 0 spiro atoms. The lowest BCUT2D eigenvalue weighted by atomic mass is 10.0. The van der Waals surface area contributed by atoms with Gasteiger partial charge >= 0.3 is 18.4 Å². The van der Waals surface area contributed by atoms with E-state index in [9.17, 15) is 13.0 Å². The summed E-state index contributed by atoms with van der Waals surface area (Å²) < 4.78 is 47.5. The summed E-state index contributed by atoms with van der Waals surface area (Å²) in [5, 5.41) is 0.00226. The summed E-state index contributed by atoms with van der Waals surface area (Å²) >= 11 is 5.89. The van der Waals surface area contributed by atoms with Gasteiger partial charge in [0.05, 0.1) is 16.8 Å². The lowest BCUT2D eigenvalue weighted by molar-refractivity contribution is -0.0962. The predicted molar refractivity (Wildman–Crippen MR) is 69.5 cm³/mol. The minimum atomic E-state index is -4.29. The van der Waals surface area contributed by atoms with Crippen molar-refractivity contribution in [2.45, 2.75) is 24.7 Å². The molecule has 0 aliphatic heterocycles. The van der Waals surface area contributed by atoms with Gasteiger partial charge in [0.2, 0.25) is 0 Å². The molecule has 0 saturated carbocycles. The maximum absolute atomic E-state index is 12.0. The van der Waals surface area contributed by atoms with Crippen LogP contribution in [0.15, 0.2) is 23.1 Å². The molecular weight excluding hydrogens is 315 g/mol. The standard InChI is InChI=1S/C10H13ClO6PS/c1-7(2)8-5-4-6-9(11)10(8)19(13,14)17-16-18(12)15-3/h4-7H,1-3H3/q+1. The van der Waals surface area contributed by atoms with E-state index in [1.807, 2.05) is 0 Å². The number of halogens is 1. The zero-order chi connectivity index (χ0) is 14.6. The number of hydrogen-bond acceptors (Lipinski definition) is 6. The first-order valence-corrected chi connectivity index (χ1v) is 8.08. The van der Waals surface area contributed by atoms with E-state index in [0.717, 1.165) is 7.11 Å². The molecule has 0 aliphatic carbocycles. The van der Waals surface area contributed by atoms with Gasteiger partial charge in [-0.3, -0.25) is 0 Å². The molecule has 1 unspecified atom stereocenters. The molecule has 0 amide bonds. The average molecular weight is 328 g/mol. The maximum atomic E-state index is 12.0. The first-order valence-electron chi connectivity index (χ1n) is 5.20. The fraction of sp³-hybridized carbons (Fsp3) is 0.400. The Labute approximate surface area is 117 Å². The quantitative estimate of drug-likeness (QED) is 0.452. The Bertz CT molecular complexity index is 571. The first kappa shape index (κ1) is 16.5. The van der Waals surface area contributed by atoms with Crippen LogP contribution >= 0.6 is 19.9 Å². The third kappa shape index (κ3) is 4.21. The van der Waals surface area contributed by atoms with Gasteiger partial charge < -0.3 is 0 Å². The molecule has 1 aromatic rings. The van der Waals surface area contributed by atoms with E-state index in [2.05, 4.69) is 13.5 Å². The Kier molecular flexibility index (Phi) is 5.85. The van der Waals surface area contributed by atoms with Crippen molar-refractivity contribution in [2.24, 2.45) is 0 Å². The molecule has 6 nitrogen and oxygen atoms in total. The van der Waals surface area contributed by atoms with Crippen molar-refractivity contribution < 1.29 is 26.5 Å². The van der Waals surface area contributed by atoms with Crippen molar-refractivity contribution in [2.75, 3.05) is 7.11 Å². The smallest absolute Gasteiger partial charge is 0.191 e. The van der Waals surface area contributed by atoms with Crippen LogP contribution in [0.3, 0.4) is 0 Å². The summed E-state index contributed by atoms with van der Waals surface area (Å²) in [7, 11) is -5.86. The Hall–Kier alpha value is -0.560. The van der Waals surface area contributed by atoms with Crippen LogP contribution in [0.5, 0.6) is 0 Å². The molecule has 1 aromatic carbocycles. The molecule has 9 heteroatoms. The van der Waals surface area contributed by atoms with Crippen LogP contribution in [0.4, 0.5) is 0 Å². The van der Waals surface area contributed by atoms with Crippen LogP contribution < -0.4 is 0 Å². The Morgan fingerprint density at radius 3 is 2.47 bits per heavy atom. The van der Waals surface area contributed by atoms with E-state index in [1.54, 1.807) is 26.0 Å². The SMILES string of the molecule is CO[P+](=O)OOS(=O)(=O)c1c(Cl)cccc1C(C)C. The first-order chi connectivity index (χ1) is 8.79. The fourth-order valence-electron chi connectivity index (χ4n) is 1.37. The van der Waals surface area contributed by atoms with E-state index < -0.39 is 18.4 Å². The summed E-state index contributed by atoms with van der Waals surface area (Å²) in [5.74, 6) is -0.0942. The van der Waals surface area contributed by atoms with Crippen LogP contribution in [0, 0.1) is 0 Å². The van der Waals surface area contributed by atoms with E-state index in [4.69, 9.17) is 11.6 Å². The molecule has 106 valence electrons. The largest absolute Gasteiger partial charge is 0.729 e. The van der Waals surface area contributed by atoms with E-state index in [1.165, 1.54) is 6.07 Å². The zero-order valence-corrected chi connectivity index (χ0v) is 13.0. The van der Waals surface area contributed by atoms with Gasteiger partial charge in [-0.2, -0.15) is 8.42 Å². The number of rotatable bonds is 6. The van der Waals surface area contributed by atoms with Crippen molar-refractivity contribution in [1.29, 1.82) is 0 Å². The lowest BCUT2D eigenvalue weighted by Crippen LogP contribution is -2.10. The highest BCUT2D eigenvalue weighted by Gasteiger charge is 2.31. The normalized spacial score (nSPS) is 12.8. The highest BCUT2D eigenvalue weighted by Crippen LogP contribution is 2.33. The van der Waals surface area contributed by atoms with Gasteiger partial charge in [-0.25, -0.2) is 0 Å². The molecule has 0 aliphatic rings. The molecule has 0 fully saturated rings. The second-order valence-electron chi connectivity index (χ2n) is 3.82. The Morgan fingerprint density at radius 2 is 1.95 bits per heavy atom. The van der Waals surface area contributed by atoms with E-state index >= 15 is 0 Å². The van der Waals surface area contributed by atoms with Crippen molar-refractivity contribution in [3.05, 3.63) is 28.8 Å². The van der Waals surface area contributed by atoms with Crippen LogP contribution in [-0.2, 0) is 28.2 Å². The second kappa shape index (κ2) is 6.74. The predicted octanol–water partition coefficient (Wildman–Crippen LogP) is 3.40. The van der Waals surface area contributed by atoms with Crippen LogP contribution in [0.1, 0.15) is 25.3 Å². The molecule has 0 saturated heterocycles. The highest BCUT2D eigenvalue weighted by molar-refractivity contribution is 7.87. The average Bonchev–Trinajstić information content (AvgIpc) is 2.35. The topological polar surface area (TPSA) is 78.9 Å². The molecule has 0 aromatic heterocycles. The van der Waals surface area contributed by atoms with Gasteiger partial charge in [0.1, 0.15) is 4.90 Å². The lowest BCUT2D eigenvalue weighted by Gasteiger charge is -2.12. The van der Waals surface area contributed by atoms with Crippen LogP contribution in [0.25, 0.3) is 0 Å². The summed E-state index contributed by atoms with van der Waals surface area (Å²) in [4.78, 5) is -0.203. The third-order valence-electron chi connectivity index (χ3n) is 2.20. The maximum Gasteiger partial charge on any atom is 0.729 e. The van der Waals surface area contributed by atoms with Crippen LogP contribution in [0.2, 0.25) is 5.02 Å². The molecule has 19 heavy (non-hydrogen) atoms. The van der Waals surface area contributed by atoms with Crippen molar-refractivity contribution in [3.8, 4) is 0 Å². The second-order valence-corrected chi connectivity index (χ2v) is 6.64. The molecule has 0 radical (unpaired) electrons. The third-order valence-corrected chi connectivity index (χ3v) is 4.42. The monoisotopic (exact) mass is 327 g/mol. The molecule has 1 rings (SSSR count). The van der Waals surface area contributed by atoms with Gasteiger partial charge in [0, 0.05) is 4.57 Å². The molecule has 0 N–H and O–H groups in total. The van der Waals surface area contributed by atoms with Crippen molar-refractivity contribution in [3.63, 3.8) is 0 Å². The Balaban J connectivity index is 3.17. The van der Waals surface area contributed by atoms with Crippen LogP contribution in [-0.4, -0.2) is 15.5 Å². The van der Waals surface area contributed by atoms with Gasteiger partial charge in [0.25, 0.3) is 0 Å². The molecule has 0 heterocycles. The zero-order valence-electron chi connectivity index (χ0n) is 10.5. The van der Waals surface area contributed by atoms with Crippen molar-refractivity contribution in [1.82, 2.24) is 0 Å². The molecule has 1 atom stereocenters. The van der Waals surface area contributed by atoms with E-state index in [-0.39, 0.29) is 15.8 Å². The number of hydrogen-bond donors (Lipinski definition) is 0. The van der Waals surface area contributed by atoms with Gasteiger partial charge in [-0.05, 0) is 17.5 Å².